The minimum atomic E-state index is -2.01. The van der Waals surface area contributed by atoms with Gasteiger partial charge in [-0.25, -0.2) is 14.2 Å². The molecule has 2 unspecified atom stereocenters. The molecule has 1 aromatic rings. The lowest BCUT2D eigenvalue weighted by Crippen LogP contribution is -2.62. The molecule has 9 nitrogen and oxygen atoms in total. The van der Waals surface area contributed by atoms with Gasteiger partial charge in [0.15, 0.2) is 12.0 Å². The summed E-state index contributed by atoms with van der Waals surface area (Å²) in [6.45, 7) is 10.7. The molecule has 2 rings (SSSR count). The standard InChI is InChI=1S/C39H67N3O6/c1-6-8-9-10-11-12-13-14-15-16-17-18-19-20-21-23-28-41-36(45)47-32-38(27-25-30-48-38)31-46-35(44)39(40,34(43)37(3,4)5)33-26-22-24-29-42(33)7-2/h22,24,26,29H,6-21,23,25,27-28,30-32,40H2,1-5H3/p+1. The van der Waals surface area contributed by atoms with E-state index in [-0.39, 0.29) is 13.2 Å². The maximum atomic E-state index is 13.7. The topological polar surface area (TPSA) is 121 Å². The summed E-state index contributed by atoms with van der Waals surface area (Å²) >= 11 is 0. The smallest absolute Gasteiger partial charge is 0.407 e. The van der Waals surface area contributed by atoms with Crippen LogP contribution in [-0.4, -0.2) is 49.8 Å². The number of Topliss-reactive ketones (excluding diaryl/α,β-unsaturated/α-hetero) is 1. The van der Waals surface area contributed by atoms with Crippen molar-refractivity contribution in [1.29, 1.82) is 0 Å². The molecule has 1 aromatic heterocycles. The summed E-state index contributed by atoms with van der Waals surface area (Å²) in [6.07, 6.45) is 23.4. The SMILES string of the molecule is CCCCCCCCCCCCCCCCCCNC(=O)OCC1(COC(=O)C(N)(C(=O)C(C)(C)C)c2cccc[n+]2CC)CCCO1. The van der Waals surface area contributed by atoms with E-state index in [1.165, 1.54) is 89.9 Å². The third-order valence-corrected chi connectivity index (χ3v) is 9.46. The highest BCUT2D eigenvalue weighted by Crippen LogP contribution is 2.31. The molecule has 1 aliphatic rings. The summed E-state index contributed by atoms with van der Waals surface area (Å²) in [5.41, 5.74) is 3.16. The molecule has 2 atom stereocenters. The number of aromatic nitrogens is 1. The van der Waals surface area contributed by atoms with Crippen LogP contribution in [0, 0.1) is 5.41 Å². The molecule has 0 spiro atoms. The number of aryl methyl sites for hydroxylation is 1. The van der Waals surface area contributed by atoms with E-state index in [1.807, 2.05) is 13.0 Å². The van der Waals surface area contributed by atoms with E-state index in [1.54, 1.807) is 43.7 Å². The van der Waals surface area contributed by atoms with Crippen molar-refractivity contribution in [2.75, 3.05) is 26.4 Å². The van der Waals surface area contributed by atoms with Gasteiger partial charge in [-0.1, -0.05) is 130 Å². The number of ketones is 1. The van der Waals surface area contributed by atoms with E-state index in [0.29, 0.717) is 31.8 Å². The van der Waals surface area contributed by atoms with Crippen LogP contribution < -0.4 is 15.6 Å². The Hall–Kier alpha value is -2.52. The summed E-state index contributed by atoms with van der Waals surface area (Å²) in [5, 5.41) is 2.84. The number of carbonyl (C=O) groups excluding carboxylic acids is 3. The highest BCUT2D eigenvalue weighted by molar-refractivity contribution is 6.10. The Labute approximate surface area is 291 Å². The number of pyridine rings is 1. The van der Waals surface area contributed by atoms with Crippen molar-refractivity contribution in [1.82, 2.24) is 5.32 Å². The highest BCUT2D eigenvalue weighted by Gasteiger charge is 2.55. The zero-order valence-corrected chi connectivity index (χ0v) is 31.0. The van der Waals surface area contributed by atoms with Crippen LogP contribution in [0.1, 0.15) is 156 Å². The number of rotatable bonds is 25. The molecule has 1 amide bonds. The Morgan fingerprint density at radius 3 is 1.88 bits per heavy atom. The summed E-state index contributed by atoms with van der Waals surface area (Å²) in [5.74, 6) is -1.29. The molecule has 3 N–H and O–H groups in total. The van der Waals surface area contributed by atoms with Crippen molar-refractivity contribution >= 4 is 17.8 Å². The van der Waals surface area contributed by atoms with Crippen molar-refractivity contribution in [3.05, 3.63) is 30.1 Å². The Morgan fingerprint density at radius 2 is 1.38 bits per heavy atom. The number of nitrogens with one attached hydrogen (secondary N) is 1. The van der Waals surface area contributed by atoms with Gasteiger partial charge in [-0.15, -0.1) is 0 Å². The Bertz CT molecular complexity index is 1080. The highest BCUT2D eigenvalue weighted by atomic mass is 16.6. The monoisotopic (exact) mass is 675 g/mol. The number of hydrogen-bond acceptors (Lipinski definition) is 7. The lowest BCUT2D eigenvalue weighted by Gasteiger charge is -2.32. The zero-order chi connectivity index (χ0) is 35.3. The molecule has 0 saturated carbocycles. The Morgan fingerprint density at radius 1 is 0.833 bits per heavy atom. The number of carbonyl (C=O) groups is 3. The summed E-state index contributed by atoms with van der Waals surface area (Å²) in [7, 11) is 0. The number of ether oxygens (including phenoxy) is 3. The second kappa shape index (κ2) is 22.2. The van der Waals surface area contributed by atoms with E-state index >= 15 is 0 Å². The molecule has 0 aromatic carbocycles. The van der Waals surface area contributed by atoms with Gasteiger partial charge in [-0.05, 0) is 26.2 Å². The van der Waals surface area contributed by atoms with Crippen molar-refractivity contribution in [2.24, 2.45) is 11.1 Å². The average Bonchev–Trinajstić information content (AvgIpc) is 3.55. The minimum absolute atomic E-state index is 0.0594. The van der Waals surface area contributed by atoms with Crippen molar-refractivity contribution in [3.8, 4) is 0 Å². The predicted molar refractivity (Wildman–Crippen MR) is 190 cm³/mol. The van der Waals surface area contributed by atoms with Crippen LogP contribution in [0.5, 0.6) is 0 Å². The number of hydrogen-bond donors (Lipinski definition) is 2. The fraction of sp³-hybridized carbons (Fsp3) is 0.795. The number of nitrogens with two attached hydrogens (primary N) is 1. The molecule has 0 radical (unpaired) electrons. The number of nitrogens with zero attached hydrogens (tertiary/aromatic N) is 1. The molecular weight excluding hydrogens is 606 g/mol. The van der Waals surface area contributed by atoms with E-state index in [0.717, 1.165) is 19.3 Å². The first-order valence-corrected chi connectivity index (χ1v) is 19.0. The second-order valence-electron chi connectivity index (χ2n) is 14.8. The summed E-state index contributed by atoms with van der Waals surface area (Å²) in [6, 6.07) is 5.26. The third kappa shape index (κ3) is 14.1. The number of esters is 1. The van der Waals surface area contributed by atoms with Gasteiger partial charge >= 0.3 is 12.1 Å². The van der Waals surface area contributed by atoms with Gasteiger partial charge in [0.05, 0.1) is 0 Å². The van der Waals surface area contributed by atoms with Gasteiger partial charge in [0.2, 0.25) is 5.69 Å². The van der Waals surface area contributed by atoms with E-state index in [2.05, 4.69) is 12.2 Å². The third-order valence-electron chi connectivity index (χ3n) is 9.46. The molecule has 1 aliphatic heterocycles. The molecule has 2 heterocycles. The van der Waals surface area contributed by atoms with Gasteiger partial charge in [0, 0.05) is 30.7 Å². The van der Waals surface area contributed by atoms with Crippen LogP contribution in [0.3, 0.4) is 0 Å². The molecule has 9 heteroatoms. The first-order chi connectivity index (χ1) is 23.0. The van der Waals surface area contributed by atoms with Crippen LogP contribution in [0.15, 0.2) is 24.4 Å². The maximum Gasteiger partial charge on any atom is 0.407 e. The molecular formula is C39H68N3O6+. The second-order valence-corrected chi connectivity index (χ2v) is 14.8. The first kappa shape index (κ1) is 41.7. The van der Waals surface area contributed by atoms with Crippen molar-refractivity contribution in [3.63, 3.8) is 0 Å². The van der Waals surface area contributed by atoms with E-state index in [9.17, 15) is 14.4 Å². The summed E-state index contributed by atoms with van der Waals surface area (Å²) < 4.78 is 19.0. The molecule has 0 aliphatic carbocycles. The normalized spacial score (nSPS) is 17.5. The zero-order valence-electron chi connectivity index (χ0n) is 31.0. The molecule has 1 saturated heterocycles. The van der Waals surface area contributed by atoms with Crippen LogP contribution >= 0.6 is 0 Å². The largest absolute Gasteiger partial charge is 0.460 e. The van der Waals surface area contributed by atoms with Crippen LogP contribution in [0.25, 0.3) is 0 Å². The quantitative estimate of drug-likeness (QED) is 0.0469. The Kier molecular flexibility index (Phi) is 19.3. The van der Waals surface area contributed by atoms with E-state index < -0.39 is 34.4 Å². The Balaban J connectivity index is 1.69. The number of amides is 1. The number of alkyl carbamates (subject to hydrolysis) is 1. The van der Waals surface area contributed by atoms with Crippen LogP contribution in [0.2, 0.25) is 0 Å². The van der Waals surface area contributed by atoms with Crippen molar-refractivity contribution < 1.29 is 33.2 Å². The first-order valence-electron chi connectivity index (χ1n) is 19.0. The predicted octanol–water partition coefficient (Wildman–Crippen LogP) is 7.84. The van der Waals surface area contributed by atoms with Gasteiger partial charge in [-0.3, -0.25) is 4.79 Å². The average molecular weight is 675 g/mol. The van der Waals surface area contributed by atoms with Crippen molar-refractivity contribution in [2.45, 2.75) is 168 Å². The maximum absolute atomic E-state index is 13.7. The molecule has 48 heavy (non-hydrogen) atoms. The van der Waals surface area contributed by atoms with Crippen LogP contribution in [0.4, 0.5) is 4.79 Å². The molecule has 0 bridgehead atoms. The van der Waals surface area contributed by atoms with E-state index in [4.69, 9.17) is 19.9 Å². The fourth-order valence-electron chi connectivity index (χ4n) is 6.46. The molecule has 274 valence electrons. The van der Waals surface area contributed by atoms with Crippen LogP contribution in [-0.2, 0) is 35.9 Å². The fourth-order valence-corrected chi connectivity index (χ4v) is 6.46. The molecule has 1 fully saturated rings. The minimum Gasteiger partial charge on any atom is -0.460 e. The summed E-state index contributed by atoms with van der Waals surface area (Å²) in [4.78, 5) is 39.8. The van der Waals surface area contributed by atoms with Gasteiger partial charge in [0.1, 0.15) is 25.4 Å². The van der Waals surface area contributed by atoms with Gasteiger partial charge in [0.25, 0.3) is 5.54 Å². The number of unbranched alkanes of at least 4 members (excludes halogenated alkanes) is 15. The van der Waals surface area contributed by atoms with Gasteiger partial charge in [-0.2, -0.15) is 0 Å². The van der Waals surface area contributed by atoms with Gasteiger partial charge < -0.3 is 25.3 Å². The lowest BCUT2D eigenvalue weighted by atomic mass is 9.76. The lowest BCUT2D eigenvalue weighted by molar-refractivity contribution is -0.702.